The highest BCUT2D eigenvalue weighted by atomic mass is 32.1. The Morgan fingerprint density at radius 3 is 2.67 bits per heavy atom. The van der Waals surface area contributed by atoms with Gasteiger partial charge >= 0.3 is 0 Å². The van der Waals surface area contributed by atoms with Crippen molar-refractivity contribution in [3.8, 4) is 28.1 Å². The van der Waals surface area contributed by atoms with Crippen molar-refractivity contribution < 1.29 is 9.90 Å². The highest BCUT2D eigenvalue weighted by Crippen LogP contribution is 2.36. The van der Waals surface area contributed by atoms with E-state index in [-0.39, 0.29) is 17.7 Å². The van der Waals surface area contributed by atoms with Gasteiger partial charge in [0.2, 0.25) is 5.91 Å². The van der Waals surface area contributed by atoms with Crippen molar-refractivity contribution >= 4 is 28.2 Å². The quantitative estimate of drug-likeness (QED) is 0.415. The van der Waals surface area contributed by atoms with Crippen LogP contribution in [-0.2, 0) is 4.79 Å². The van der Waals surface area contributed by atoms with Crippen molar-refractivity contribution in [1.29, 1.82) is 0 Å². The SMILES string of the molecule is Cc1ccccc1-c1cc(-c2ccccc2O)nc(N2CCC[C@H]2C(=O)Nc2nccs2)c1. The third-order valence-electron chi connectivity index (χ3n) is 5.96. The number of benzene rings is 2. The van der Waals surface area contributed by atoms with Crippen molar-refractivity contribution in [2.75, 3.05) is 16.8 Å². The fourth-order valence-electron chi connectivity index (χ4n) is 4.33. The molecule has 0 spiro atoms. The van der Waals surface area contributed by atoms with Gasteiger partial charge in [-0.2, -0.15) is 0 Å². The third-order valence-corrected chi connectivity index (χ3v) is 6.65. The first-order valence-electron chi connectivity index (χ1n) is 10.9. The summed E-state index contributed by atoms with van der Waals surface area (Å²) in [5.41, 5.74) is 4.59. The molecule has 7 heteroatoms. The number of aryl methyl sites for hydroxylation is 1. The fourth-order valence-corrected chi connectivity index (χ4v) is 4.86. The molecule has 1 atom stereocenters. The van der Waals surface area contributed by atoms with E-state index in [1.54, 1.807) is 18.3 Å². The Morgan fingerprint density at radius 2 is 1.91 bits per heavy atom. The number of pyridine rings is 1. The lowest BCUT2D eigenvalue weighted by atomic mass is 9.99. The molecule has 3 heterocycles. The predicted molar refractivity (Wildman–Crippen MR) is 133 cm³/mol. The van der Waals surface area contributed by atoms with Gasteiger partial charge in [0.05, 0.1) is 5.69 Å². The van der Waals surface area contributed by atoms with Gasteiger partial charge in [0, 0.05) is 23.7 Å². The predicted octanol–water partition coefficient (Wildman–Crippen LogP) is 5.49. The summed E-state index contributed by atoms with van der Waals surface area (Å²) in [6.07, 6.45) is 3.33. The van der Waals surface area contributed by atoms with Crippen LogP contribution >= 0.6 is 11.3 Å². The molecular weight excluding hydrogens is 432 g/mol. The van der Waals surface area contributed by atoms with Gasteiger partial charge in [-0.25, -0.2) is 9.97 Å². The number of para-hydroxylation sites is 1. The van der Waals surface area contributed by atoms with Crippen LogP contribution < -0.4 is 10.2 Å². The van der Waals surface area contributed by atoms with E-state index in [4.69, 9.17) is 4.98 Å². The Kier molecular flexibility index (Phi) is 5.79. The first kappa shape index (κ1) is 21.2. The zero-order valence-electron chi connectivity index (χ0n) is 18.2. The fraction of sp³-hybridized carbons (Fsp3) is 0.192. The van der Waals surface area contributed by atoms with Crippen LogP contribution in [0.1, 0.15) is 18.4 Å². The summed E-state index contributed by atoms with van der Waals surface area (Å²) in [5, 5.41) is 15.9. The molecule has 2 N–H and O–H groups in total. The number of aromatic nitrogens is 2. The van der Waals surface area contributed by atoms with Gasteiger partial charge < -0.3 is 15.3 Å². The van der Waals surface area contributed by atoms with Crippen LogP contribution in [0.3, 0.4) is 0 Å². The Morgan fingerprint density at radius 1 is 1.12 bits per heavy atom. The molecule has 1 amide bonds. The van der Waals surface area contributed by atoms with Crippen LogP contribution in [0, 0.1) is 6.92 Å². The third kappa shape index (κ3) is 4.32. The lowest BCUT2D eigenvalue weighted by molar-refractivity contribution is -0.117. The average molecular weight is 457 g/mol. The molecule has 5 rings (SSSR count). The van der Waals surface area contributed by atoms with E-state index in [0.29, 0.717) is 16.4 Å². The van der Waals surface area contributed by atoms with Crippen molar-refractivity contribution in [2.24, 2.45) is 0 Å². The summed E-state index contributed by atoms with van der Waals surface area (Å²) in [7, 11) is 0. The van der Waals surface area contributed by atoms with Crippen LogP contribution in [0.5, 0.6) is 5.75 Å². The van der Waals surface area contributed by atoms with Gasteiger partial charge in [0.25, 0.3) is 0 Å². The molecule has 166 valence electrons. The maximum atomic E-state index is 13.1. The molecule has 1 aliphatic rings. The van der Waals surface area contributed by atoms with E-state index in [1.165, 1.54) is 11.3 Å². The topological polar surface area (TPSA) is 78.4 Å². The van der Waals surface area contributed by atoms with Crippen LogP contribution in [0.4, 0.5) is 10.9 Å². The number of rotatable bonds is 5. The van der Waals surface area contributed by atoms with Crippen molar-refractivity contribution in [2.45, 2.75) is 25.8 Å². The van der Waals surface area contributed by atoms with Crippen molar-refractivity contribution in [3.63, 3.8) is 0 Å². The standard InChI is InChI=1S/C26H24N4O2S/c1-17-7-2-3-8-19(17)18-15-21(20-9-4-5-11-23(20)31)28-24(16-18)30-13-6-10-22(30)25(32)29-26-27-12-14-33-26/h2-5,7-9,11-12,14-16,22,31H,6,10,13H2,1H3,(H,27,29,32)/t22-/m0/s1. The van der Waals surface area contributed by atoms with E-state index >= 15 is 0 Å². The zero-order valence-corrected chi connectivity index (χ0v) is 19.0. The van der Waals surface area contributed by atoms with Crippen LogP contribution in [0.15, 0.2) is 72.2 Å². The second kappa shape index (κ2) is 9.03. The van der Waals surface area contributed by atoms with Gasteiger partial charge in [-0.05, 0) is 60.7 Å². The minimum Gasteiger partial charge on any atom is -0.507 e. The van der Waals surface area contributed by atoms with Gasteiger partial charge in [0.15, 0.2) is 5.13 Å². The van der Waals surface area contributed by atoms with Gasteiger partial charge in [-0.1, -0.05) is 36.4 Å². The second-order valence-electron chi connectivity index (χ2n) is 8.11. The lowest BCUT2D eigenvalue weighted by Gasteiger charge is -2.26. The molecular formula is C26H24N4O2S. The minimum absolute atomic E-state index is 0.0744. The van der Waals surface area contributed by atoms with Gasteiger partial charge in [-0.15, -0.1) is 11.3 Å². The average Bonchev–Trinajstić information content (AvgIpc) is 3.52. The van der Waals surface area contributed by atoms with Crippen LogP contribution in [0.2, 0.25) is 0 Å². The number of aromatic hydroxyl groups is 1. The Bertz CT molecular complexity index is 1230. The summed E-state index contributed by atoms with van der Waals surface area (Å²) < 4.78 is 0. The summed E-state index contributed by atoms with van der Waals surface area (Å²) in [4.78, 5) is 24.2. The molecule has 6 nitrogen and oxygen atoms in total. The summed E-state index contributed by atoms with van der Waals surface area (Å²) in [6, 6.07) is 19.1. The maximum absolute atomic E-state index is 13.1. The molecule has 0 saturated carbocycles. The number of nitrogens with one attached hydrogen (secondary N) is 1. The van der Waals surface area contributed by atoms with E-state index in [9.17, 15) is 9.90 Å². The van der Waals surface area contributed by atoms with E-state index < -0.39 is 0 Å². The molecule has 1 aliphatic heterocycles. The number of thiazole rings is 1. The first-order chi connectivity index (χ1) is 16.1. The largest absolute Gasteiger partial charge is 0.507 e. The van der Waals surface area contributed by atoms with Crippen LogP contribution in [0.25, 0.3) is 22.4 Å². The highest BCUT2D eigenvalue weighted by molar-refractivity contribution is 7.13. The molecule has 0 unspecified atom stereocenters. The Balaban J connectivity index is 1.58. The molecule has 4 aromatic rings. The first-order valence-corrected chi connectivity index (χ1v) is 11.8. The molecule has 1 saturated heterocycles. The van der Waals surface area contributed by atoms with E-state index in [2.05, 4.69) is 34.3 Å². The minimum atomic E-state index is -0.328. The van der Waals surface area contributed by atoms with Crippen molar-refractivity contribution in [1.82, 2.24) is 9.97 Å². The number of phenols is 1. The number of hydrogen-bond donors (Lipinski definition) is 2. The smallest absolute Gasteiger partial charge is 0.248 e. The van der Waals surface area contributed by atoms with E-state index in [1.807, 2.05) is 41.8 Å². The number of amides is 1. The molecule has 2 aromatic heterocycles. The second-order valence-corrected chi connectivity index (χ2v) is 9.00. The Labute approximate surface area is 196 Å². The summed E-state index contributed by atoms with van der Waals surface area (Å²) >= 11 is 1.40. The molecule has 0 aliphatic carbocycles. The monoisotopic (exact) mass is 456 g/mol. The number of carbonyl (C=O) groups is 1. The molecule has 0 bridgehead atoms. The lowest BCUT2D eigenvalue weighted by Crippen LogP contribution is -2.40. The molecule has 1 fully saturated rings. The number of hydrogen-bond acceptors (Lipinski definition) is 6. The number of carbonyl (C=O) groups excluding carboxylic acids is 1. The number of nitrogens with zero attached hydrogens (tertiary/aromatic N) is 3. The maximum Gasteiger partial charge on any atom is 0.248 e. The molecule has 2 aromatic carbocycles. The summed E-state index contributed by atoms with van der Waals surface area (Å²) in [5.74, 6) is 0.831. The Hall–Kier alpha value is -3.71. The molecule has 33 heavy (non-hydrogen) atoms. The number of anilines is 2. The number of phenolic OH excluding ortho intramolecular Hbond substituents is 1. The normalized spacial score (nSPS) is 15.5. The van der Waals surface area contributed by atoms with E-state index in [0.717, 1.165) is 41.9 Å². The van der Waals surface area contributed by atoms with Gasteiger partial charge in [0.1, 0.15) is 17.6 Å². The zero-order chi connectivity index (χ0) is 22.8. The van der Waals surface area contributed by atoms with Crippen LogP contribution in [-0.4, -0.2) is 33.6 Å². The highest BCUT2D eigenvalue weighted by Gasteiger charge is 2.32. The summed E-state index contributed by atoms with van der Waals surface area (Å²) in [6.45, 7) is 2.82. The van der Waals surface area contributed by atoms with Gasteiger partial charge in [-0.3, -0.25) is 4.79 Å². The molecule has 0 radical (unpaired) electrons. The van der Waals surface area contributed by atoms with Crippen molar-refractivity contribution in [3.05, 3.63) is 77.8 Å².